The number of anilines is 1. The quantitative estimate of drug-likeness (QED) is 0.752. The van der Waals surface area contributed by atoms with Crippen LogP contribution in [0.5, 0.6) is 0 Å². The smallest absolute Gasteiger partial charge is 0.243 e. The van der Waals surface area contributed by atoms with Crippen molar-refractivity contribution < 1.29 is 17.6 Å². The van der Waals surface area contributed by atoms with Crippen molar-refractivity contribution >= 4 is 21.6 Å². The van der Waals surface area contributed by atoms with Gasteiger partial charge in [-0.15, -0.1) is 0 Å². The standard InChI is InChI=1S/C15H19FN2O3S/c1-11-2-6-13(10-14(11)16)18-22(20,21)9-8-17-15(19)7-5-12-3-4-12/h2,5-7,10,12,18H,3-4,8-9H2,1H3,(H,17,19). The summed E-state index contributed by atoms with van der Waals surface area (Å²) in [6, 6.07) is 4.12. The van der Waals surface area contributed by atoms with Crippen LogP contribution in [0.25, 0.3) is 0 Å². The van der Waals surface area contributed by atoms with Crippen LogP contribution < -0.4 is 10.0 Å². The second-order valence-electron chi connectivity index (χ2n) is 5.37. The zero-order valence-electron chi connectivity index (χ0n) is 12.3. The molecular weight excluding hydrogens is 307 g/mol. The van der Waals surface area contributed by atoms with Gasteiger partial charge in [0, 0.05) is 6.54 Å². The van der Waals surface area contributed by atoms with Gasteiger partial charge in [0.25, 0.3) is 0 Å². The van der Waals surface area contributed by atoms with Crippen molar-refractivity contribution in [3.63, 3.8) is 0 Å². The van der Waals surface area contributed by atoms with E-state index in [0.29, 0.717) is 11.5 Å². The van der Waals surface area contributed by atoms with Gasteiger partial charge in [0.1, 0.15) is 5.82 Å². The van der Waals surface area contributed by atoms with E-state index in [0.717, 1.165) is 18.9 Å². The van der Waals surface area contributed by atoms with Crippen LogP contribution in [-0.4, -0.2) is 26.6 Å². The molecule has 1 fully saturated rings. The number of rotatable bonds is 7. The first-order chi connectivity index (χ1) is 10.4. The molecule has 1 aliphatic carbocycles. The number of hydrogen-bond acceptors (Lipinski definition) is 3. The number of benzene rings is 1. The molecule has 0 radical (unpaired) electrons. The highest BCUT2D eigenvalue weighted by Gasteiger charge is 2.17. The number of sulfonamides is 1. The van der Waals surface area contributed by atoms with E-state index in [9.17, 15) is 17.6 Å². The first kappa shape index (κ1) is 16.5. The molecule has 1 saturated carbocycles. The van der Waals surface area contributed by atoms with Crippen molar-refractivity contribution in [2.75, 3.05) is 17.0 Å². The Morgan fingerprint density at radius 2 is 2.14 bits per heavy atom. The molecule has 5 nitrogen and oxygen atoms in total. The lowest BCUT2D eigenvalue weighted by atomic mass is 10.2. The molecule has 1 aliphatic rings. The van der Waals surface area contributed by atoms with E-state index < -0.39 is 15.8 Å². The summed E-state index contributed by atoms with van der Waals surface area (Å²) in [5.74, 6) is -0.555. The summed E-state index contributed by atoms with van der Waals surface area (Å²) in [5, 5.41) is 2.51. The lowest BCUT2D eigenvalue weighted by Gasteiger charge is -2.09. The number of amides is 1. The van der Waals surface area contributed by atoms with Gasteiger partial charge in [-0.2, -0.15) is 0 Å². The molecule has 0 heterocycles. The minimum Gasteiger partial charge on any atom is -0.351 e. The third-order valence-electron chi connectivity index (χ3n) is 3.26. The maximum Gasteiger partial charge on any atom is 0.243 e. The lowest BCUT2D eigenvalue weighted by molar-refractivity contribution is -0.116. The van der Waals surface area contributed by atoms with Gasteiger partial charge in [0.15, 0.2) is 0 Å². The fourth-order valence-corrected chi connectivity index (χ4v) is 2.73. The Kier molecular flexibility index (Phi) is 5.18. The number of hydrogen-bond donors (Lipinski definition) is 2. The summed E-state index contributed by atoms with van der Waals surface area (Å²) >= 11 is 0. The third-order valence-corrected chi connectivity index (χ3v) is 4.55. The zero-order valence-corrected chi connectivity index (χ0v) is 13.1. The molecule has 120 valence electrons. The van der Waals surface area contributed by atoms with E-state index in [1.54, 1.807) is 6.92 Å². The third kappa shape index (κ3) is 5.48. The molecule has 1 amide bonds. The molecule has 7 heteroatoms. The van der Waals surface area contributed by atoms with E-state index in [2.05, 4.69) is 10.0 Å². The van der Waals surface area contributed by atoms with Gasteiger partial charge >= 0.3 is 0 Å². The highest BCUT2D eigenvalue weighted by Crippen LogP contribution is 2.29. The SMILES string of the molecule is Cc1ccc(NS(=O)(=O)CCNC(=O)C=CC2CC2)cc1F. The number of aryl methyl sites for hydroxylation is 1. The topological polar surface area (TPSA) is 75.3 Å². The average molecular weight is 326 g/mol. The van der Waals surface area contributed by atoms with Crippen molar-refractivity contribution in [3.05, 3.63) is 41.7 Å². The Hall–Kier alpha value is -1.89. The van der Waals surface area contributed by atoms with Crippen molar-refractivity contribution in [2.45, 2.75) is 19.8 Å². The molecule has 2 rings (SSSR count). The normalized spacial score (nSPS) is 15.0. The first-order valence-electron chi connectivity index (χ1n) is 7.08. The van der Waals surface area contributed by atoms with Crippen molar-refractivity contribution in [1.29, 1.82) is 0 Å². The van der Waals surface area contributed by atoms with Crippen LogP contribution in [0.15, 0.2) is 30.4 Å². The van der Waals surface area contributed by atoms with Crippen LogP contribution in [0, 0.1) is 18.7 Å². The number of halogens is 1. The highest BCUT2D eigenvalue weighted by atomic mass is 32.2. The van der Waals surface area contributed by atoms with Gasteiger partial charge < -0.3 is 5.32 Å². The Labute approximate surface area is 129 Å². The second kappa shape index (κ2) is 6.91. The van der Waals surface area contributed by atoms with E-state index in [1.807, 2.05) is 6.08 Å². The van der Waals surface area contributed by atoms with Gasteiger partial charge in [0.2, 0.25) is 15.9 Å². The number of nitrogens with one attached hydrogen (secondary N) is 2. The summed E-state index contributed by atoms with van der Waals surface area (Å²) in [5.41, 5.74) is 0.612. The van der Waals surface area contributed by atoms with Gasteiger partial charge in [-0.1, -0.05) is 12.1 Å². The summed E-state index contributed by atoms with van der Waals surface area (Å²) in [4.78, 5) is 11.4. The van der Waals surface area contributed by atoms with Gasteiger partial charge in [-0.25, -0.2) is 12.8 Å². The Morgan fingerprint density at radius 1 is 1.41 bits per heavy atom. The molecule has 1 aromatic rings. The summed E-state index contributed by atoms with van der Waals surface area (Å²) in [6.07, 6.45) is 5.48. The minimum absolute atomic E-state index is 0.00246. The van der Waals surface area contributed by atoms with E-state index >= 15 is 0 Å². The minimum atomic E-state index is -3.63. The first-order valence-corrected chi connectivity index (χ1v) is 8.73. The van der Waals surface area contributed by atoms with Gasteiger partial charge in [-0.05, 0) is 49.5 Å². The van der Waals surface area contributed by atoms with E-state index in [-0.39, 0.29) is 23.9 Å². The molecule has 0 unspecified atom stereocenters. The Balaban J connectivity index is 1.80. The maximum absolute atomic E-state index is 13.4. The van der Waals surface area contributed by atoms with Crippen LogP contribution >= 0.6 is 0 Å². The van der Waals surface area contributed by atoms with Crippen LogP contribution in [-0.2, 0) is 14.8 Å². The molecule has 0 aliphatic heterocycles. The van der Waals surface area contributed by atoms with Crippen LogP contribution in [0.2, 0.25) is 0 Å². The molecule has 2 N–H and O–H groups in total. The van der Waals surface area contributed by atoms with Crippen molar-refractivity contribution in [1.82, 2.24) is 5.32 Å². The van der Waals surface area contributed by atoms with E-state index in [1.165, 1.54) is 18.2 Å². The van der Waals surface area contributed by atoms with Crippen LogP contribution in [0.3, 0.4) is 0 Å². The summed E-state index contributed by atoms with van der Waals surface area (Å²) in [7, 11) is -3.63. The fraction of sp³-hybridized carbons (Fsp3) is 0.400. The molecule has 0 bridgehead atoms. The predicted molar refractivity (Wildman–Crippen MR) is 83.4 cm³/mol. The Morgan fingerprint density at radius 3 is 2.77 bits per heavy atom. The van der Waals surface area contributed by atoms with Crippen molar-refractivity contribution in [2.24, 2.45) is 5.92 Å². The second-order valence-corrected chi connectivity index (χ2v) is 7.21. The monoisotopic (exact) mass is 326 g/mol. The number of allylic oxidation sites excluding steroid dienone is 1. The fourth-order valence-electron chi connectivity index (χ4n) is 1.77. The average Bonchev–Trinajstić information content (AvgIpc) is 3.24. The summed E-state index contributed by atoms with van der Waals surface area (Å²) < 4.78 is 39.4. The molecule has 0 aromatic heterocycles. The largest absolute Gasteiger partial charge is 0.351 e. The van der Waals surface area contributed by atoms with Gasteiger partial charge in [0.05, 0.1) is 11.4 Å². The Bertz CT molecular complexity index is 682. The zero-order chi connectivity index (χ0) is 16.2. The highest BCUT2D eigenvalue weighted by molar-refractivity contribution is 7.92. The van der Waals surface area contributed by atoms with Crippen LogP contribution in [0.4, 0.5) is 10.1 Å². The summed E-state index contributed by atoms with van der Waals surface area (Å²) in [6.45, 7) is 1.59. The number of carbonyl (C=O) groups excluding carboxylic acids is 1. The van der Waals surface area contributed by atoms with E-state index in [4.69, 9.17) is 0 Å². The maximum atomic E-state index is 13.4. The molecule has 0 spiro atoms. The molecule has 0 atom stereocenters. The molecule has 22 heavy (non-hydrogen) atoms. The molecule has 0 saturated heterocycles. The van der Waals surface area contributed by atoms with Crippen molar-refractivity contribution in [3.8, 4) is 0 Å². The number of carbonyl (C=O) groups is 1. The molecular formula is C15H19FN2O3S. The van der Waals surface area contributed by atoms with Crippen LogP contribution in [0.1, 0.15) is 18.4 Å². The predicted octanol–water partition coefficient (Wildman–Crippen LogP) is 1.96. The lowest BCUT2D eigenvalue weighted by Crippen LogP contribution is -2.30. The molecule has 1 aromatic carbocycles. The van der Waals surface area contributed by atoms with Gasteiger partial charge in [-0.3, -0.25) is 9.52 Å².